The van der Waals surface area contributed by atoms with E-state index >= 15 is 0 Å². The lowest BCUT2D eigenvalue weighted by atomic mass is 9.92. The van der Waals surface area contributed by atoms with Crippen molar-refractivity contribution in [3.05, 3.63) is 72.1 Å². The highest BCUT2D eigenvalue weighted by molar-refractivity contribution is 5.86. The molecule has 7 nitrogen and oxygen atoms in total. The van der Waals surface area contributed by atoms with Crippen molar-refractivity contribution in [2.24, 2.45) is 0 Å². The zero-order valence-electron chi connectivity index (χ0n) is 17.8. The van der Waals surface area contributed by atoms with Crippen molar-refractivity contribution in [2.45, 2.75) is 31.5 Å². The van der Waals surface area contributed by atoms with E-state index in [4.69, 9.17) is 4.74 Å². The number of halogens is 3. The van der Waals surface area contributed by atoms with E-state index in [9.17, 15) is 0 Å². The number of hydrogen-bond donors (Lipinski definition) is 3. The molecule has 0 aliphatic carbocycles. The maximum atomic E-state index is 5.58. The first kappa shape index (κ1) is 32.3. The minimum absolute atomic E-state index is 0. The van der Waals surface area contributed by atoms with Crippen LogP contribution in [0.2, 0.25) is 0 Å². The number of imidazole rings is 1. The van der Waals surface area contributed by atoms with E-state index in [1.54, 1.807) is 13.3 Å². The van der Waals surface area contributed by atoms with Crippen LogP contribution < -0.4 is 15.4 Å². The molecule has 3 aromatic rings. The van der Waals surface area contributed by atoms with Crippen LogP contribution >= 0.6 is 37.2 Å². The summed E-state index contributed by atoms with van der Waals surface area (Å²) in [4.78, 5) is 7.53. The fourth-order valence-corrected chi connectivity index (χ4v) is 3.85. The number of aromatic nitrogens is 2. The standard InChI is InChI=1S/C22H26N4O.3ClH.2H2O/c1-27-20-10-9-17(22-24-12-13-25-22)14-18(20)15-26-19-8-5-11-23-21(19)16-6-3-2-4-7-16;;;;;/h2-4,6-7,9-10,12-14,19,21,23,26H,5,8,11,15H2,1H3,(H,24,25);3*1H;2*1H2/t19-,21-;;;;;/m0...../s1. The highest BCUT2D eigenvalue weighted by atomic mass is 35.5. The first-order valence-corrected chi connectivity index (χ1v) is 9.53. The minimum Gasteiger partial charge on any atom is -0.496 e. The zero-order chi connectivity index (χ0) is 18.5. The molecule has 10 heteroatoms. The van der Waals surface area contributed by atoms with Crippen molar-refractivity contribution >= 4 is 37.2 Å². The number of nitrogens with one attached hydrogen (secondary N) is 3. The average molecular weight is 508 g/mol. The van der Waals surface area contributed by atoms with Crippen LogP contribution in [0.5, 0.6) is 5.75 Å². The van der Waals surface area contributed by atoms with Crippen molar-refractivity contribution in [1.82, 2.24) is 20.6 Å². The van der Waals surface area contributed by atoms with Gasteiger partial charge in [-0.1, -0.05) is 30.3 Å². The molecule has 0 spiro atoms. The van der Waals surface area contributed by atoms with Gasteiger partial charge in [0.15, 0.2) is 0 Å². The number of rotatable bonds is 6. The summed E-state index contributed by atoms with van der Waals surface area (Å²) in [5.41, 5.74) is 3.55. The van der Waals surface area contributed by atoms with Crippen molar-refractivity contribution in [3.63, 3.8) is 0 Å². The van der Waals surface area contributed by atoms with Gasteiger partial charge in [-0.05, 0) is 43.1 Å². The summed E-state index contributed by atoms with van der Waals surface area (Å²) >= 11 is 0. The quantitative estimate of drug-likeness (QED) is 0.473. The number of aromatic amines is 1. The first-order chi connectivity index (χ1) is 13.3. The molecular formula is C22H33Cl3N4O3. The molecule has 1 aliphatic heterocycles. The van der Waals surface area contributed by atoms with E-state index in [1.165, 1.54) is 12.0 Å². The van der Waals surface area contributed by atoms with E-state index < -0.39 is 0 Å². The van der Waals surface area contributed by atoms with Gasteiger partial charge in [-0.15, -0.1) is 37.2 Å². The summed E-state index contributed by atoms with van der Waals surface area (Å²) in [6.45, 7) is 1.82. The summed E-state index contributed by atoms with van der Waals surface area (Å²) in [6, 6.07) is 17.6. The number of benzene rings is 2. The van der Waals surface area contributed by atoms with Crippen LogP contribution in [0, 0.1) is 0 Å². The third-order valence-electron chi connectivity index (χ3n) is 5.22. The van der Waals surface area contributed by atoms with Crippen LogP contribution in [0.4, 0.5) is 0 Å². The second-order valence-electron chi connectivity index (χ2n) is 6.94. The molecular weight excluding hydrogens is 475 g/mol. The number of methoxy groups -OCH3 is 1. The van der Waals surface area contributed by atoms with Gasteiger partial charge in [0.05, 0.1) is 7.11 Å². The Kier molecular flexibility index (Phi) is 16.0. The topological polar surface area (TPSA) is 125 Å². The fourth-order valence-electron chi connectivity index (χ4n) is 3.85. The molecule has 1 aliphatic rings. The Balaban J connectivity index is 0. The highest BCUT2D eigenvalue weighted by Gasteiger charge is 2.25. The van der Waals surface area contributed by atoms with E-state index in [-0.39, 0.29) is 48.2 Å². The number of H-pyrrole nitrogens is 1. The van der Waals surface area contributed by atoms with Gasteiger partial charge >= 0.3 is 0 Å². The van der Waals surface area contributed by atoms with Gasteiger partial charge in [-0.2, -0.15) is 0 Å². The Hall–Kier alpha value is -1.84. The van der Waals surface area contributed by atoms with Crippen LogP contribution in [0.25, 0.3) is 11.4 Å². The van der Waals surface area contributed by atoms with Crippen LogP contribution in [0.3, 0.4) is 0 Å². The van der Waals surface area contributed by atoms with Crippen LogP contribution in [-0.2, 0) is 6.54 Å². The Labute approximate surface area is 207 Å². The summed E-state index contributed by atoms with van der Waals surface area (Å²) in [5.74, 6) is 1.78. The summed E-state index contributed by atoms with van der Waals surface area (Å²) in [5, 5.41) is 7.44. The molecule has 2 heterocycles. The normalized spacial score (nSPS) is 16.7. The lowest BCUT2D eigenvalue weighted by Gasteiger charge is -2.34. The number of piperidine rings is 1. The SMILES string of the molecule is COc1ccc(-c2ncc[nH]2)cc1CN[C@H]1CCCN[C@H]1c1ccccc1.Cl.Cl.Cl.O.O. The van der Waals surface area contributed by atoms with Crippen molar-refractivity contribution in [1.29, 1.82) is 0 Å². The molecule has 0 amide bonds. The molecule has 2 aromatic carbocycles. The smallest absolute Gasteiger partial charge is 0.137 e. The minimum atomic E-state index is 0. The third-order valence-corrected chi connectivity index (χ3v) is 5.22. The molecule has 4 rings (SSSR count). The Morgan fingerprint density at radius 2 is 1.81 bits per heavy atom. The van der Waals surface area contributed by atoms with Crippen LogP contribution in [0.1, 0.15) is 30.0 Å². The summed E-state index contributed by atoms with van der Waals surface area (Å²) in [7, 11) is 1.72. The first-order valence-electron chi connectivity index (χ1n) is 9.53. The largest absolute Gasteiger partial charge is 0.496 e. The number of ether oxygens (including phenoxy) is 1. The zero-order valence-corrected chi connectivity index (χ0v) is 20.3. The summed E-state index contributed by atoms with van der Waals surface area (Å²) < 4.78 is 5.58. The third kappa shape index (κ3) is 7.64. The molecule has 0 unspecified atom stereocenters. The molecule has 2 atom stereocenters. The Morgan fingerprint density at radius 3 is 2.47 bits per heavy atom. The molecule has 1 aromatic heterocycles. The van der Waals surface area contributed by atoms with Crippen molar-refractivity contribution < 1.29 is 15.7 Å². The van der Waals surface area contributed by atoms with Crippen LogP contribution in [-0.4, -0.2) is 40.6 Å². The molecule has 0 radical (unpaired) electrons. The van der Waals surface area contributed by atoms with Gasteiger partial charge in [-0.25, -0.2) is 4.98 Å². The van der Waals surface area contributed by atoms with Gasteiger partial charge in [0.25, 0.3) is 0 Å². The maximum absolute atomic E-state index is 5.58. The second-order valence-corrected chi connectivity index (χ2v) is 6.94. The van der Waals surface area contributed by atoms with Gasteiger partial charge in [-0.3, -0.25) is 0 Å². The lowest BCUT2D eigenvalue weighted by molar-refractivity contribution is 0.303. The molecule has 1 fully saturated rings. The molecule has 1 saturated heterocycles. The predicted molar refractivity (Wildman–Crippen MR) is 137 cm³/mol. The van der Waals surface area contributed by atoms with E-state index in [2.05, 4.69) is 57.0 Å². The monoisotopic (exact) mass is 506 g/mol. The van der Waals surface area contributed by atoms with Gasteiger partial charge in [0, 0.05) is 42.1 Å². The Morgan fingerprint density at radius 1 is 1.06 bits per heavy atom. The van der Waals surface area contributed by atoms with Crippen molar-refractivity contribution in [3.8, 4) is 17.1 Å². The molecule has 0 saturated carbocycles. The highest BCUT2D eigenvalue weighted by Crippen LogP contribution is 2.27. The van der Waals surface area contributed by atoms with E-state index in [0.717, 1.165) is 42.2 Å². The molecule has 7 N–H and O–H groups in total. The summed E-state index contributed by atoms with van der Waals surface area (Å²) in [6.07, 6.45) is 5.96. The van der Waals surface area contributed by atoms with Crippen LogP contribution in [0.15, 0.2) is 60.9 Å². The Bertz CT molecular complexity index is 870. The molecule has 32 heavy (non-hydrogen) atoms. The second kappa shape index (κ2) is 15.9. The maximum Gasteiger partial charge on any atom is 0.137 e. The predicted octanol–water partition coefficient (Wildman–Crippen LogP) is 3.28. The van der Waals surface area contributed by atoms with Gasteiger partial charge < -0.3 is 31.3 Å². The average Bonchev–Trinajstić information content (AvgIpc) is 3.28. The van der Waals surface area contributed by atoms with E-state index in [0.29, 0.717) is 12.1 Å². The van der Waals surface area contributed by atoms with E-state index in [1.807, 2.05) is 18.3 Å². The number of hydrogen-bond acceptors (Lipinski definition) is 4. The number of nitrogens with zero attached hydrogens (tertiary/aromatic N) is 1. The molecule has 180 valence electrons. The van der Waals surface area contributed by atoms with Gasteiger partial charge in [0.2, 0.25) is 0 Å². The fraction of sp³-hybridized carbons (Fsp3) is 0.318. The molecule has 0 bridgehead atoms. The van der Waals surface area contributed by atoms with Crippen molar-refractivity contribution in [2.75, 3.05) is 13.7 Å². The van der Waals surface area contributed by atoms with Gasteiger partial charge in [0.1, 0.15) is 11.6 Å². The lowest BCUT2D eigenvalue weighted by Crippen LogP contribution is -2.45.